The van der Waals surface area contributed by atoms with Crippen molar-refractivity contribution in [3.8, 4) is 0 Å². The summed E-state index contributed by atoms with van der Waals surface area (Å²) in [6.07, 6.45) is 4.43. The van der Waals surface area contributed by atoms with E-state index in [1.54, 1.807) is 12.3 Å². The Morgan fingerprint density at radius 1 is 1.55 bits per heavy atom. The molecule has 0 bridgehead atoms. The van der Waals surface area contributed by atoms with E-state index in [0.29, 0.717) is 31.7 Å². The van der Waals surface area contributed by atoms with Crippen LogP contribution in [0.25, 0.3) is 0 Å². The van der Waals surface area contributed by atoms with Crippen LogP contribution in [0.2, 0.25) is 0 Å². The van der Waals surface area contributed by atoms with Gasteiger partial charge in [-0.3, -0.25) is 4.98 Å². The average Bonchev–Trinajstić information content (AvgIpc) is 2.89. The molecule has 1 aromatic heterocycles. The number of hydrogen-bond acceptors (Lipinski definition) is 5. The number of pyridine rings is 1. The van der Waals surface area contributed by atoms with Crippen LogP contribution < -0.4 is 5.32 Å². The number of nitrogens with zero attached hydrogens (tertiary/aromatic N) is 2. The SMILES string of the molecule is CCNc1ccncc1S(=O)(=O)N1CCC(CCO)C1. The number of aliphatic hydroxyl groups excluding tert-OH is 1. The first-order valence-corrected chi connectivity index (χ1v) is 8.32. The Labute approximate surface area is 119 Å². The predicted molar refractivity (Wildman–Crippen MR) is 77.0 cm³/mol. The molecule has 1 unspecified atom stereocenters. The molecule has 0 aliphatic carbocycles. The summed E-state index contributed by atoms with van der Waals surface area (Å²) in [7, 11) is -3.52. The molecule has 0 spiro atoms. The Morgan fingerprint density at radius 3 is 3.05 bits per heavy atom. The first-order valence-electron chi connectivity index (χ1n) is 6.88. The van der Waals surface area contributed by atoms with Gasteiger partial charge in [0.05, 0.1) is 5.69 Å². The zero-order valence-electron chi connectivity index (χ0n) is 11.6. The van der Waals surface area contributed by atoms with Gasteiger partial charge in [0.2, 0.25) is 10.0 Å². The molecule has 2 heterocycles. The van der Waals surface area contributed by atoms with E-state index >= 15 is 0 Å². The number of anilines is 1. The zero-order chi connectivity index (χ0) is 14.6. The molecule has 0 amide bonds. The molecule has 112 valence electrons. The van der Waals surface area contributed by atoms with Gasteiger partial charge in [0.1, 0.15) is 4.90 Å². The van der Waals surface area contributed by atoms with Crippen LogP contribution in [0.4, 0.5) is 5.69 Å². The molecule has 20 heavy (non-hydrogen) atoms. The van der Waals surface area contributed by atoms with Gasteiger partial charge in [-0.05, 0) is 31.7 Å². The molecule has 6 nitrogen and oxygen atoms in total. The van der Waals surface area contributed by atoms with Gasteiger partial charge >= 0.3 is 0 Å². The maximum atomic E-state index is 12.7. The van der Waals surface area contributed by atoms with Crippen molar-refractivity contribution in [2.75, 3.05) is 31.6 Å². The number of hydrogen-bond donors (Lipinski definition) is 2. The van der Waals surface area contributed by atoms with E-state index in [9.17, 15) is 8.42 Å². The average molecular weight is 299 g/mol. The monoisotopic (exact) mass is 299 g/mol. The van der Waals surface area contributed by atoms with E-state index in [-0.39, 0.29) is 17.4 Å². The third kappa shape index (κ3) is 3.11. The van der Waals surface area contributed by atoms with E-state index in [0.717, 1.165) is 6.42 Å². The number of rotatable bonds is 6. The van der Waals surface area contributed by atoms with E-state index in [1.165, 1.54) is 10.5 Å². The zero-order valence-corrected chi connectivity index (χ0v) is 12.4. The van der Waals surface area contributed by atoms with Gasteiger partial charge < -0.3 is 10.4 Å². The summed E-state index contributed by atoms with van der Waals surface area (Å²) in [6.45, 7) is 3.66. The third-order valence-corrected chi connectivity index (χ3v) is 5.45. The van der Waals surface area contributed by atoms with Crippen LogP contribution >= 0.6 is 0 Å². The lowest BCUT2D eigenvalue weighted by Crippen LogP contribution is -2.29. The molecule has 1 fully saturated rings. The van der Waals surface area contributed by atoms with Gasteiger partial charge in [-0.1, -0.05) is 0 Å². The smallest absolute Gasteiger partial charge is 0.246 e. The van der Waals surface area contributed by atoms with Crippen molar-refractivity contribution in [2.24, 2.45) is 5.92 Å². The van der Waals surface area contributed by atoms with E-state index in [4.69, 9.17) is 5.11 Å². The largest absolute Gasteiger partial charge is 0.396 e. The molecular weight excluding hydrogens is 278 g/mol. The first-order chi connectivity index (χ1) is 9.59. The summed E-state index contributed by atoms with van der Waals surface area (Å²) in [6, 6.07) is 1.68. The quantitative estimate of drug-likeness (QED) is 0.816. The number of nitrogens with one attached hydrogen (secondary N) is 1. The van der Waals surface area contributed by atoms with Crippen molar-refractivity contribution >= 4 is 15.7 Å². The van der Waals surface area contributed by atoms with Crippen molar-refractivity contribution in [2.45, 2.75) is 24.7 Å². The lowest BCUT2D eigenvalue weighted by atomic mass is 10.1. The Morgan fingerprint density at radius 2 is 2.35 bits per heavy atom. The Bertz CT molecular complexity index is 548. The third-order valence-electron chi connectivity index (χ3n) is 3.56. The summed E-state index contributed by atoms with van der Waals surface area (Å²) < 4.78 is 26.8. The molecule has 1 atom stereocenters. The molecular formula is C13H21N3O3S. The standard InChI is InChI=1S/C13H21N3O3S/c1-2-15-12-3-6-14-9-13(12)20(18,19)16-7-4-11(10-16)5-8-17/h3,6,9,11,17H,2,4-5,7-8,10H2,1H3,(H,14,15). The molecule has 0 aromatic carbocycles. The molecule has 1 aliphatic rings. The van der Waals surface area contributed by atoms with Gasteiger partial charge in [0, 0.05) is 38.6 Å². The van der Waals surface area contributed by atoms with Crippen LogP contribution in [0.5, 0.6) is 0 Å². The Kier molecular flexibility index (Phi) is 4.95. The van der Waals surface area contributed by atoms with Crippen LogP contribution in [-0.2, 0) is 10.0 Å². The Balaban J connectivity index is 2.23. The van der Waals surface area contributed by atoms with Crippen LogP contribution in [0, 0.1) is 5.92 Å². The summed E-state index contributed by atoms with van der Waals surface area (Å²) in [4.78, 5) is 4.16. The van der Waals surface area contributed by atoms with Crippen LogP contribution in [0.15, 0.2) is 23.4 Å². The second-order valence-electron chi connectivity index (χ2n) is 4.93. The summed E-state index contributed by atoms with van der Waals surface area (Å²) in [5, 5.41) is 12.0. The van der Waals surface area contributed by atoms with Gasteiger partial charge in [-0.2, -0.15) is 4.31 Å². The molecule has 0 radical (unpaired) electrons. The topological polar surface area (TPSA) is 82.5 Å². The fraction of sp³-hybridized carbons (Fsp3) is 0.615. The van der Waals surface area contributed by atoms with Crippen molar-refractivity contribution in [1.82, 2.24) is 9.29 Å². The van der Waals surface area contributed by atoms with Crippen molar-refractivity contribution in [3.63, 3.8) is 0 Å². The molecule has 7 heteroatoms. The minimum absolute atomic E-state index is 0.105. The molecule has 1 aliphatic heterocycles. The highest BCUT2D eigenvalue weighted by Crippen LogP contribution is 2.29. The Hall–Kier alpha value is -1.18. The molecule has 2 rings (SSSR count). The number of aliphatic hydroxyl groups is 1. The minimum Gasteiger partial charge on any atom is -0.396 e. The normalized spacial score (nSPS) is 20.2. The number of aromatic nitrogens is 1. The highest BCUT2D eigenvalue weighted by Gasteiger charge is 2.33. The van der Waals surface area contributed by atoms with Crippen molar-refractivity contribution in [3.05, 3.63) is 18.5 Å². The number of sulfonamides is 1. The fourth-order valence-corrected chi connectivity index (χ4v) is 4.14. The van der Waals surface area contributed by atoms with Crippen LogP contribution in [0.1, 0.15) is 19.8 Å². The van der Waals surface area contributed by atoms with E-state index in [1.807, 2.05) is 6.92 Å². The molecule has 1 saturated heterocycles. The van der Waals surface area contributed by atoms with Crippen molar-refractivity contribution in [1.29, 1.82) is 0 Å². The summed E-state index contributed by atoms with van der Waals surface area (Å²) in [5.74, 6) is 0.244. The maximum absolute atomic E-state index is 12.7. The van der Waals surface area contributed by atoms with E-state index < -0.39 is 10.0 Å². The predicted octanol–water partition coefficient (Wildman–Crippen LogP) is 0.906. The van der Waals surface area contributed by atoms with Crippen LogP contribution in [0.3, 0.4) is 0 Å². The lowest BCUT2D eigenvalue weighted by Gasteiger charge is -2.18. The molecule has 1 aromatic rings. The van der Waals surface area contributed by atoms with Crippen molar-refractivity contribution < 1.29 is 13.5 Å². The van der Waals surface area contributed by atoms with Gasteiger partial charge in [-0.15, -0.1) is 0 Å². The highest BCUT2D eigenvalue weighted by molar-refractivity contribution is 7.89. The molecule has 2 N–H and O–H groups in total. The molecule has 0 saturated carbocycles. The van der Waals surface area contributed by atoms with Gasteiger partial charge in [0.15, 0.2) is 0 Å². The maximum Gasteiger partial charge on any atom is 0.246 e. The first kappa shape index (κ1) is 15.2. The fourth-order valence-electron chi connectivity index (χ4n) is 2.49. The minimum atomic E-state index is -3.52. The lowest BCUT2D eigenvalue weighted by molar-refractivity contribution is 0.259. The summed E-state index contributed by atoms with van der Waals surface area (Å²) >= 11 is 0. The van der Waals surface area contributed by atoms with Gasteiger partial charge in [-0.25, -0.2) is 8.42 Å². The van der Waals surface area contributed by atoms with Crippen LogP contribution in [-0.4, -0.2) is 49.1 Å². The summed E-state index contributed by atoms with van der Waals surface area (Å²) in [5.41, 5.74) is 0.591. The van der Waals surface area contributed by atoms with E-state index in [2.05, 4.69) is 10.3 Å². The van der Waals surface area contributed by atoms with Gasteiger partial charge in [0.25, 0.3) is 0 Å². The second kappa shape index (κ2) is 6.51. The highest BCUT2D eigenvalue weighted by atomic mass is 32.2. The second-order valence-corrected chi connectivity index (χ2v) is 6.84.